The van der Waals surface area contributed by atoms with Gasteiger partial charge in [-0.2, -0.15) is 9.97 Å². The molecule has 3 rings (SSSR count). The molecule has 0 saturated carbocycles. The molecule has 17 heavy (non-hydrogen) atoms. The minimum atomic E-state index is 0.233. The smallest absolute Gasteiger partial charge is 0.223 e. The van der Waals surface area contributed by atoms with Gasteiger partial charge in [0.15, 0.2) is 0 Å². The number of aromatic nitrogens is 2. The van der Waals surface area contributed by atoms with E-state index in [1.54, 1.807) is 6.07 Å². The standard InChI is InChI=1S/C11H13N5S/c12-9-5-10(15-11(13)14-9)16-3-1-8-7(6-16)2-4-17-8/h2,4-5H,1,3,6H2,(H4,12,13,14,15). The maximum absolute atomic E-state index is 5.69. The highest BCUT2D eigenvalue weighted by Gasteiger charge is 2.18. The van der Waals surface area contributed by atoms with Gasteiger partial charge in [0.1, 0.15) is 11.6 Å². The summed E-state index contributed by atoms with van der Waals surface area (Å²) in [7, 11) is 0. The first kappa shape index (κ1) is 10.3. The molecule has 0 fully saturated rings. The van der Waals surface area contributed by atoms with Crippen LogP contribution in [0.3, 0.4) is 0 Å². The number of rotatable bonds is 1. The van der Waals surface area contributed by atoms with E-state index in [1.165, 1.54) is 10.4 Å². The maximum atomic E-state index is 5.69. The van der Waals surface area contributed by atoms with Crippen molar-refractivity contribution in [1.29, 1.82) is 0 Å². The number of thiophene rings is 1. The van der Waals surface area contributed by atoms with Gasteiger partial charge < -0.3 is 16.4 Å². The average molecular weight is 247 g/mol. The summed E-state index contributed by atoms with van der Waals surface area (Å²) in [4.78, 5) is 11.8. The third-order valence-corrected chi connectivity index (χ3v) is 3.90. The highest BCUT2D eigenvalue weighted by molar-refractivity contribution is 7.10. The van der Waals surface area contributed by atoms with E-state index in [9.17, 15) is 0 Å². The lowest BCUT2D eigenvalue weighted by Crippen LogP contribution is -2.30. The fourth-order valence-electron chi connectivity index (χ4n) is 2.08. The number of hydrogen-bond donors (Lipinski definition) is 2. The van der Waals surface area contributed by atoms with Crippen LogP contribution in [0.4, 0.5) is 17.6 Å². The molecule has 0 atom stereocenters. The second-order valence-electron chi connectivity index (χ2n) is 4.05. The van der Waals surface area contributed by atoms with E-state index >= 15 is 0 Å². The van der Waals surface area contributed by atoms with Crippen molar-refractivity contribution in [2.75, 3.05) is 22.9 Å². The molecule has 1 aliphatic heterocycles. The Morgan fingerprint density at radius 2 is 2.18 bits per heavy atom. The van der Waals surface area contributed by atoms with Gasteiger partial charge in [-0.1, -0.05) is 0 Å². The third-order valence-electron chi connectivity index (χ3n) is 2.88. The molecule has 0 amide bonds. The Morgan fingerprint density at radius 1 is 1.29 bits per heavy atom. The topological polar surface area (TPSA) is 81.1 Å². The number of hydrogen-bond acceptors (Lipinski definition) is 6. The average Bonchev–Trinajstić information content (AvgIpc) is 2.74. The van der Waals surface area contributed by atoms with E-state index in [-0.39, 0.29) is 5.95 Å². The molecule has 2 aromatic heterocycles. The van der Waals surface area contributed by atoms with Crippen LogP contribution in [0.25, 0.3) is 0 Å². The van der Waals surface area contributed by atoms with Crippen LogP contribution in [-0.2, 0) is 13.0 Å². The molecular weight excluding hydrogens is 234 g/mol. The van der Waals surface area contributed by atoms with E-state index in [4.69, 9.17) is 11.5 Å². The number of nitrogens with two attached hydrogens (primary N) is 2. The quantitative estimate of drug-likeness (QED) is 0.793. The Kier molecular flexibility index (Phi) is 2.36. The zero-order valence-electron chi connectivity index (χ0n) is 9.26. The summed E-state index contributed by atoms with van der Waals surface area (Å²) in [6.45, 7) is 1.82. The molecule has 1 aliphatic rings. The van der Waals surface area contributed by atoms with Gasteiger partial charge in [-0.25, -0.2) is 0 Å². The van der Waals surface area contributed by atoms with Crippen LogP contribution in [0.15, 0.2) is 17.5 Å². The lowest BCUT2D eigenvalue weighted by atomic mass is 10.1. The van der Waals surface area contributed by atoms with Crippen molar-refractivity contribution in [3.8, 4) is 0 Å². The van der Waals surface area contributed by atoms with Gasteiger partial charge >= 0.3 is 0 Å². The van der Waals surface area contributed by atoms with Crippen LogP contribution in [-0.4, -0.2) is 16.5 Å². The number of nitrogen functional groups attached to an aromatic ring is 2. The van der Waals surface area contributed by atoms with Crippen LogP contribution in [0.5, 0.6) is 0 Å². The second-order valence-corrected chi connectivity index (χ2v) is 5.05. The van der Waals surface area contributed by atoms with E-state index in [0.717, 1.165) is 25.3 Å². The Balaban J connectivity index is 1.91. The van der Waals surface area contributed by atoms with Crippen molar-refractivity contribution >= 4 is 28.9 Å². The van der Waals surface area contributed by atoms with Crippen LogP contribution < -0.4 is 16.4 Å². The lowest BCUT2D eigenvalue weighted by molar-refractivity contribution is 0.731. The van der Waals surface area contributed by atoms with Gasteiger partial charge in [-0.3, -0.25) is 0 Å². The molecule has 0 radical (unpaired) electrons. The Bertz CT molecular complexity index is 530. The zero-order chi connectivity index (χ0) is 11.8. The highest BCUT2D eigenvalue weighted by atomic mass is 32.1. The fourth-order valence-corrected chi connectivity index (χ4v) is 2.97. The molecule has 2 aromatic rings. The number of anilines is 3. The van der Waals surface area contributed by atoms with Crippen molar-refractivity contribution in [2.45, 2.75) is 13.0 Å². The summed E-state index contributed by atoms with van der Waals surface area (Å²) in [6.07, 6.45) is 1.05. The second kappa shape index (κ2) is 3.89. The third kappa shape index (κ3) is 1.91. The van der Waals surface area contributed by atoms with Gasteiger partial charge in [-0.05, 0) is 23.4 Å². The Labute approximate surface area is 103 Å². The molecule has 0 saturated heterocycles. The van der Waals surface area contributed by atoms with Crippen LogP contribution in [0, 0.1) is 0 Å². The molecule has 88 valence electrons. The van der Waals surface area contributed by atoms with E-state index in [0.29, 0.717) is 5.82 Å². The van der Waals surface area contributed by atoms with Gasteiger partial charge in [0, 0.05) is 24.0 Å². The van der Waals surface area contributed by atoms with E-state index in [1.807, 2.05) is 11.3 Å². The summed E-state index contributed by atoms with van der Waals surface area (Å²) in [5, 5.41) is 2.14. The normalized spacial score (nSPS) is 14.7. The van der Waals surface area contributed by atoms with Gasteiger partial charge in [0.05, 0.1) is 0 Å². The molecule has 0 aliphatic carbocycles. The van der Waals surface area contributed by atoms with Crippen LogP contribution in [0.1, 0.15) is 10.4 Å². The minimum absolute atomic E-state index is 0.233. The van der Waals surface area contributed by atoms with Crippen molar-refractivity contribution in [2.24, 2.45) is 0 Å². The molecule has 0 aromatic carbocycles. The summed E-state index contributed by atoms with van der Waals surface area (Å²) in [6, 6.07) is 3.94. The van der Waals surface area contributed by atoms with E-state index < -0.39 is 0 Å². The molecule has 3 heterocycles. The Morgan fingerprint density at radius 3 is 3.00 bits per heavy atom. The molecule has 0 bridgehead atoms. The van der Waals surface area contributed by atoms with Crippen molar-refractivity contribution in [3.63, 3.8) is 0 Å². The van der Waals surface area contributed by atoms with Crippen molar-refractivity contribution in [3.05, 3.63) is 28.0 Å². The fraction of sp³-hybridized carbons (Fsp3) is 0.273. The maximum Gasteiger partial charge on any atom is 0.223 e. The molecule has 0 unspecified atom stereocenters. The summed E-state index contributed by atoms with van der Waals surface area (Å²) in [5.41, 5.74) is 12.7. The molecule has 5 nitrogen and oxygen atoms in total. The molecule has 0 spiro atoms. The predicted octanol–water partition coefficient (Wildman–Crippen LogP) is 1.27. The number of fused-ring (bicyclic) bond motifs is 1. The molecule has 4 N–H and O–H groups in total. The molecular formula is C11H13N5S. The first-order chi connectivity index (χ1) is 8.22. The predicted molar refractivity (Wildman–Crippen MR) is 69.9 cm³/mol. The van der Waals surface area contributed by atoms with Crippen molar-refractivity contribution < 1.29 is 0 Å². The molecule has 6 heteroatoms. The zero-order valence-corrected chi connectivity index (χ0v) is 10.1. The minimum Gasteiger partial charge on any atom is -0.383 e. The summed E-state index contributed by atoms with van der Waals surface area (Å²) in [5.74, 6) is 1.46. The van der Waals surface area contributed by atoms with Gasteiger partial charge in [-0.15, -0.1) is 11.3 Å². The first-order valence-electron chi connectivity index (χ1n) is 5.42. The summed E-state index contributed by atoms with van der Waals surface area (Å²) >= 11 is 1.82. The number of nitrogens with zero attached hydrogens (tertiary/aromatic N) is 3. The largest absolute Gasteiger partial charge is 0.383 e. The monoisotopic (exact) mass is 247 g/mol. The highest BCUT2D eigenvalue weighted by Crippen LogP contribution is 2.27. The first-order valence-corrected chi connectivity index (χ1v) is 6.30. The SMILES string of the molecule is Nc1cc(N2CCc3sccc3C2)nc(N)n1. The van der Waals surface area contributed by atoms with Crippen LogP contribution >= 0.6 is 11.3 Å². The van der Waals surface area contributed by atoms with Gasteiger partial charge in [0.25, 0.3) is 0 Å². The summed E-state index contributed by atoms with van der Waals surface area (Å²) < 4.78 is 0. The van der Waals surface area contributed by atoms with Crippen molar-refractivity contribution in [1.82, 2.24) is 9.97 Å². The lowest BCUT2D eigenvalue weighted by Gasteiger charge is -2.28. The van der Waals surface area contributed by atoms with E-state index in [2.05, 4.69) is 26.3 Å². The van der Waals surface area contributed by atoms with Crippen LogP contribution in [0.2, 0.25) is 0 Å². The van der Waals surface area contributed by atoms with Gasteiger partial charge in [0.2, 0.25) is 5.95 Å². The Hall–Kier alpha value is -1.82.